The largest absolute Gasteiger partial charge is 0.352 e. The maximum atomic E-state index is 12.9. The van der Waals surface area contributed by atoms with E-state index in [9.17, 15) is 14.4 Å². The van der Waals surface area contributed by atoms with Gasteiger partial charge in [-0.25, -0.2) is 4.79 Å². The highest BCUT2D eigenvalue weighted by atomic mass is 16.2. The van der Waals surface area contributed by atoms with Crippen LogP contribution < -0.4 is 16.6 Å². The average molecular weight is 415 g/mol. The molecule has 0 unspecified atom stereocenters. The van der Waals surface area contributed by atoms with Crippen molar-refractivity contribution in [2.45, 2.75) is 26.4 Å². The van der Waals surface area contributed by atoms with Crippen LogP contribution in [0.25, 0.3) is 11.4 Å². The molecule has 0 fully saturated rings. The molecule has 0 radical (unpaired) electrons. The third-order valence-electron chi connectivity index (χ3n) is 5.00. The van der Waals surface area contributed by atoms with Crippen molar-refractivity contribution in [1.29, 1.82) is 0 Å². The van der Waals surface area contributed by atoms with Gasteiger partial charge in [0.25, 0.3) is 5.56 Å². The number of aryl methyl sites for hydroxylation is 1. The molecular formula is C23H21N5O3. The second-order valence-corrected chi connectivity index (χ2v) is 7.11. The summed E-state index contributed by atoms with van der Waals surface area (Å²) in [6, 6.07) is 14.3. The van der Waals surface area contributed by atoms with Crippen LogP contribution in [0.2, 0.25) is 0 Å². The fraction of sp³-hybridized carbons (Fsp3) is 0.174. The van der Waals surface area contributed by atoms with Gasteiger partial charge in [-0.1, -0.05) is 19.1 Å². The Balaban J connectivity index is 1.61. The Morgan fingerprint density at radius 1 is 1.00 bits per heavy atom. The van der Waals surface area contributed by atoms with Crippen LogP contribution in [0.15, 0.2) is 76.7 Å². The molecule has 1 N–H and O–H groups in total. The molecule has 1 aromatic carbocycles. The summed E-state index contributed by atoms with van der Waals surface area (Å²) in [5.74, 6) is -0.100. The molecule has 2 aromatic rings. The second-order valence-electron chi connectivity index (χ2n) is 7.11. The average Bonchev–Trinajstić information content (AvgIpc) is 2.78. The lowest BCUT2D eigenvalue weighted by Crippen LogP contribution is -2.38. The van der Waals surface area contributed by atoms with Crippen molar-refractivity contribution in [3.8, 4) is 11.4 Å². The first-order valence-electron chi connectivity index (χ1n) is 9.93. The number of carbonyl (C=O) groups excluding carboxylic acids is 1. The molecule has 2 aliphatic rings. The molecule has 0 aliphatic carbocycles. The van der Waals surface area contributed by atoms with Gasteiger partial charge in [0.05, 0.1) is 12.1 Å². The van der Waals surface area contributed by atoms with Gasteiger partial charge in [-0.2, -0.15) is 4.98 Å². The summed E-state index contributed by atoms with van der Waals surface area (Å²) in [6.45, 7) is 2.09. The fourth-order valence-electron chi connectivity index (χ4n) is 3.33. The normalized spacial score (nSPS) is 10.9. The summed E-state index contributed by atoms with van der Waals surface area (Å²) in [5, 5.41) is 2.82. The van der Waals surface area contributed by atoms with Crippen LogP contribution in [-0.2, 0) is 24.3 Å². The predicted octanol–water partition coefficient (Wildman–Crippen LogP) is 2.15. The monoisotopic (exact) mass is 415 g/mol. The Kier molecular flexibility index (Phi) is 5.70. The van der Waals surface area contributed by atoms with Crippen LogP contribution in [0.3, 0.4) is 0 Å². The van der Waals surface area contributed by atoms with Crippen molar-refractivity contribution in [3.05, 3.63) is 99.1 Å². The van der Waals surface area contributed by atoms with Crippen LogP contribution in [-0.4, -0.2) is 25.0 Å². The minimum atomic E-state index is -0.662. The zero-order valence-electron chi connectivity index (χ0n) is 17.0. The van der Waals surface area contributed by atoms with Gasteiger partial charge >= 0.3 is 5.69 Å². The van der Waals surface area contributed by atoms with Gasteiger partial charge in [0.1, 0.15) is 6.54 Å². The Morgan fingerprint density at radius 3 is 2.45 bits per heavy atom. The van der Waals surface area contributed by atoms with Crippen LogP contribution in [0, 0.1) is 0 Å². The molecule has 0 saturated heterocycles. The van der Waals surface area contributed by atoms with E-state index >= 15 is 0 Å². The highest BCUT2D eigenvalue weighted by Gasteiger charge is 2.18. The summed E-state index contributed by atoms with van der Waals surface area (Å²) in [4.78, 5) is 46.1. The number of hydrogen-bond acceptors (Lipinski definition) is 5. The van der Waals surface area contributed by atoms with Gasteiger partial charge in [0.2, 0.25) is 5.91 Å². The van der Waals surface area contributed by atoms with Crippen LogP contribution >= 0.6 is 0 Å². The molecule has 0 bridgehead atoms. The number of benzene rings is 1. The number of amides is 1. The molecule has 0 spiro atoms. The zero-order valence-corrected chi connectivity index (χ0v) is 17.0. The Hall–Kier alpha value is -4.07. The van der Waals surface area contributed by atoms with E-state index in [1.165, 1.54) is 10.1 Å². The molecule has 2 aliphatic heterocycles. The highest BCUT2D eigenvalue weighted by molar-refractivity contribution is 5.90. The number of hydrogen-bond donors (Lipinski definition) is 1. The third kappa shape index (κ3) is 4.42. The van der Waals surface area contributed by atoms with Crippen LogP contribution in [0.1, 0.15) is 18.1 Å². The van der Waals surface area contributed by atoms with Gasteiger partial charge in [0, 0.05) is 24.3 Å². The molecule has 31 heavy (non-hydrogen) atoms. The van der Waals surface area contributed by atoms with E-state index in [-0.39, 0.29) is 30.4 Å². The van der Waals surface area contributed by atoms with E-state index in [0.29, 0.717) is 5.69 Å². The molecule has 1 amide bonds. The minimum absolute atomic E-state index is 0.0763. The number of anilines is 1. The van der Waals surface area contributed by atoms with Crippen molar-refractivity contribution in [2.24, 2.45) is 0 Å². The first kappa shape index (κ1) is 20.2. The third-order valence-corrected chi connectivity index (χ3v) is 5.00. The van der Waals surface area contributed by atoms with Crippen molar-refractivity contribution >= 4 is 11.6 Å². The summed E-state index contributed by atoms with van der Waals surface area (Å²) in [5.41, 5.74) is 1.79. The van der Waals surface area contributed by atoms with Gasteiger partial charge in [0.15, 0.2) is 5.82 Å². The molecule has 0 saturated carbocycles. The molecule has 3 heterocycles. The maximum absolute atomic E-state index is 12.9. The summed E-state index contributed by atoms with van der Waals surface area (Å²) in [7, 11) is 0. The summed E-state index contributed by atoms with van der Waals surface area (Å²) >= 11 is 0. The number of carbonyl (C=O) groups is 1. The number of fused-ring (bicyclic) bond motifs is 1. The zero-order chi connectivity index (χ0) is 21.8. The quantitative estimate of drug-likeness (QED) is 0.520. The first-order valence-corrected chi connectivity index (χ1v) is 9.93. The van der Waals surface area contributed by atoms with Gasteiger partial charge in [-0.3, -0.25) is 19.1 Å². The summed E-state index contributed by atoms with van der Waals surface area (Å²) in [6.07, 6.45) is 5.74. The van der Waals surface area contributed by atoms with E-state index in [2.05, 4.69) is 22.2 Å². The molecule has 1 aromatic heterocycles. The van der Waals surface area contributed by atoms with E-state index in [1.54, 1.807) is 42.9 Å². The minimum Gasteiger partial charge on any atom is -0.325 e. The second kappa shape index (κ2) is 8.74. The fourth-order valence-corrected chi connectivity index (χ4v) is 3.33. The highest BCUT2D eigenvalue weighted by Crippen LogP contribution is 2.14. The van der Waals surface area contributed by atoms with E-state index in [4.69, 9.17) is 0 Å². The molecule has 0 atom stereocenters. The molecular weight excluding hydrogens is 394 g/mol. The van der Waals surface area contributed by atoms with Gasteiger partial charge in [-0.15, -0.1) is 0 Å². The predicted molar refractivity (Wildman–Crippen MR) is 117 cm³/mol. The first-order chi connectivity index (χ1) is 15.0. The molecule has 8 heteroatoms. The lowest BCUT2D eigenvalue weighted by Gasteiger charge is -2.15. The van der Waals surface area contributed by atoms with E-state index in [1.807, 2.05) is 24.3 Å². The standard InChI is InChI=1S/C23H21N5O3/c1-2-16-5-7-18(8-6-16)25-20(29)15-27-13-3-4-19-21(27)26-23(31)28(22(19)30)14-17-9-11-24-12-10-17/h3-13H,2,14-15H2,1H3,(H,25,29). The molecule has 8 nitrogen and oxygen atoms in total. The number of rotatable bonds is 6. The lowest BCUT2D eigenvalue weighted by molar-refractivity contribution is -0.116. The smallest absolute Gasteiger partial charge is 0.325 e. The van der Waals surface area contributed by atoms with E-state index < -0.39 is 11.2 Å². The number of nitrogens with zero attached hydrogens (tertiary/aromatic N) is 4. The Morgan fingerprint density at radius 2 is 1.74 bits per heavy atom. The van der Waals surface area contributed by atoms with Gasteiger partial charge in [-0.05, 0) is 53.9 Å². The number of aromatic nitrogens is 4. The maximum Gasteiger partial charge on any atom is 0.352 e. The topological polar surface area (TPSA) is 98.9 Å². The molecule has 156 valence electrons. The van der Waals surface area contributed by atoms with E-state index in [0.717, 1.165) is 16.6 Å². The van der Waals surface area contributed by atoms with Crippen LogP contribution in [0.4, 0.5) is 5.69 Å². The van der Waals surface area contributed by atoms with Gasteiger partial charge < -0.3 is 9.88 Å². The van der Waals surface area contributed by atoms with Crippen molar-refractivity contribution in [2.75, 3.05) is 5.32 Å². The molecule has 4 rings (SSSR count). The van der Waals surface area contributed by atoms with Crippen molar-refractivity contribution in [1.82, 2.24) is 19.1 Å². The SMILES string of the molecule is CCc1ccc(NC(=O)Cn2cccc3c(=O)n(Cc4ccncc4)c(=O)nc2-3)cc1. The number of nitrogens with one attached hydrogen (secondary N) is 1. The van der Waals surface area contributed by atoms with Crippen molar-refractivity contribution < 1.29 is 4.79 Å². The summed E-state index contributed by atoms with van der Waals surface area (Å²) < 4.78 is 2.59. The Labute approximate surface area is 178 Å². The van der Waals surface area contributed by atoms with Crippen LogP contribution in [0.5, 0.6) is 0 Å². The lowest BCUT2D eigenvalue weighted by atomic mass is 10.1. The number of pyridine rings is 2. The Bertz CT molecular complexity index is 1290. The van der Waals surface area contributed by atoms with Crippen molar-refractivity contribution in [3.63, 3.8) is 0 Å².